The molecule has 0 saturated carbocycles. The molecule has 2 unspecified atom stereocenters. The van der Waals surface area contributed by atoms with Gasteiger partial charge in [-0.25, -0.2) is 0 Å². The Morgan fingerprint density at radius 1 is 0.808 bits per heavy atom. The monoisotopic (exact) mass is 354 g/mol. The highest BCUT2D eigenvalue weighted by molar-refractivity contribution is 5.81. The molecule has 26 heavy (non-hydrogen) atoms. The molecule has 2 atom stereocenters. The number of hydrogen-bond donors (Lipinski definition) is 0. The molecule has 4 heteroatoms. The van der Waals surface area contributed by atoms with Crippen molar-refractivity contribution in [1.29, 1.82) is 0 Å². The van der Waals surface area contributed by atoms with Crippen molar-refractivity contribution in [1.82, 2.24) is 0 Å². The van der Waals surface area contributed by atoms with Gasteiger partial charge in [0.05, 0.1) is 13.2 Å². The molecule has 2 aromatic carbocycles. The Labute approximate surface area is 155 Å². The van der Waals surface area contributed by atoms with Crippen LogP contribution in [0.2, 0.25) is 0 Å². The number of aryl methyl sites for hydroxylation is 1. The average molecular weight is 354 g/mol. The van der Waals surface area contributed by atoms with E-state index in [0.29, 0.717) is 13.2 Å². The van der Waals surface area contributed by atoms with Gasteiger partial charge >= 0.3 is 0 Å². The van der Waals surface area contributed by atoms with Crippen LogP contribution in [0.4, 0.5) is 0 Å². The van der Waals surface area contributed by atoms with Crippen LogP contribution >= 0.6 is 0 Å². The third-order valence-electron chi connectivity index (χ3n) is 5.32. The molecule has 2 aromatic rings. The summed E-state index contributed by atoms with van der Waals surface area (Å²) >= 11 is 0. The summed E-state index contributed by atoms with van der Waals surface area (Å²) < 4.78 is 23.1. The van der Waals surface area contributed by atoms with E-state index >= 15 is 0 Å². The predicted octanol–water partition coefficient (Wildman–Crippen LogP) is 4.14. The van der Waals surface area contributed by atoms with Gasteiger partial charge < -0.3 is 18.9 Å². The second-order valence-corrected chi connectivity index (χ2v) is 7.26. The van der Waals surface area contributed by atoms with Crippen LogP contribution in [0.25, 0.3) is 11.1 Å². The first-order chi connectivity index (χ1) is 12.6. The maximum atomic E-state index is 6.28. The van der Waals surface area contributed by atoms with E-state index in [2.05, 4.69) is 52.0 Å². The lowest BCUT2D eigenvalue weighted by atomic mass is 9.90. The highest BCUT2D eigenvalue weighted by Gasteiger charge is 2.29. The Balaban J connectivity index is 1.84. The van der Waals surface area contributed by atoms with Gasteiger partial charge in [0.1, 0.15) is 25.4 Å². The molecule has 4 nitrogen and oxygen atoms in total. The van der Waals surface area contributed by atoms with Crippen molar-refractivity contribution in [3.8, 4) is 22.6 Å². The molecule has 0 N–H and O–H groups in total. The normalized spacial score (nSPS) is 20.8. The third kappa shape index (κ3) is 3.44. The summed E-state index contributed by atoms with van der Waals surface area (Å²) in [5.41, 5.74) is 7.14. The number of benzene rings is 2. The molecule has 0 radical (unpaired) electrons. The lowest BCUT2D eigenvalue weighted by Crippen LogP contribution is -2.12. The van der Waals surface area contributed by atoms with Crippen molar-refractivity contribution < 1.29 is 18.9 Å². The smallest absolute Gasteiger partial charge is 0.169 e. The summed E-state index contributed by atoms with van der Waals surface area (Å²) in [4.78, 5) is 0. The van der Waals surface area contributed by atoms with Crippen LogP contribution in [0.1, 0.15) is 22.3 Å². The fourth-order valence-corrected chi connectivity index (χ4v) is 3.26. The average Bonchev–Trinajstić information content (AvgIpc) is 3.53. The molecular formula is C22H26O4. The Kier molecular flexibility index (Phi) is 4.63. The van der Waals surface area contributed by atoms with Crippen LogP contribution < -0.4 is 9.47 Å². The van der Waals surface area contributed by atoms with Crippen molar-refractivity contribution >= 4 is 0 Å². The fourth-order valence-electron chi connectivity index (χ4n) is 3.26. The van der Waals surface area contributed by atoms with E-state index in [4.69, 9.17) is 18.9 Å². The second kappa shape index (κ2) is 6.93. The van der Waals surface area contributed by atoms with Gasteiger partial charge in [0.15, 0.2) is 11.5 Å². The van der Waals surface area contributed by atoms with Crippen LogP contribution in [0.15, 0.2) is 24.3 Å². The molecule has 0 aliphatic carbocycles. The molecule has 4 rings (SSSR count). The van der Waals surface area contributed by atoms with Crippen molar-refractivity contribution in [3.05, 3.63) is 46.5 Å². The van der Waals surface area contributed by atoms with Crippen LogP contribution in [0.3, 0.4) is 0 Å². The number of rotatable bonds is 7. The summed E-state index contributed by atoms with van der Waals surface area (Å²) in [5, 5.41) is 0. The standard InChI is InChI=1S/C22H26O4/c1-13-7-5-6-8-19(13)20-15(3)14(2)16(4)21(25-11-17-9-23-17)22(20)26-12-18-10-24-18/h5-8,17-18H,9-12H2,1-4H3. The summed E-state index contributed by atoms with van der Waals surface area (Å²) in [6.45, 7) is 11.2. The summed E-state index contributed by atoms with van der Waals surface area (Å²) in [6.07, 6.45) is 0.402. The molecule has 138 valence electrons. The van der Waals surface area contributed by atoms with Crippen molar-refractivity contribution in [2.24, 2.45) is 0 Å². The molecular weight excluding hydrogens is 328 g/mol. The van der Waals surface area contributed by atoms with Crippen LogP contribution in [-0.4, -0.2) is 38.6 Å². The van der Waals surface area contributed by atoms with Crippen molar-refractivity contribution in [3.63, 3.8) is 0 Å². The zero-order valence-electron chi connectivity index (χ0n) is 15.9. The second-order valence-electron chi connectivity index (χ2n) is 7.26. The van der Waals surface area contributed by atoms with E-state index in [1.165, 1.54) is 22.3 Å². The quantitative estimate of drug-likeness (QED) is 0.701. The Hall–Kier alpha value is -2.04. The van der Waals surface area contributed by atoms with Gasteiger partial charge in [-0.3, -0.25) is 0 Å². The van der Waals surface area contributed by atoms with E-state index in [0.717, 1.165) is 35.8 Å². The Bertz CT molecular complexity index is 819. The van der Waals surface area contributed by atoms with Gasteiger partial charge in [-0.1, -0.05) is 24.3 Å². The van der Waals surface area contributed by atoms with Crippen molar-refractivity contribution in [2.45, 2.75) is 39.9 Å². The van der Waals surface area contributed by atoms with E-state index < -0.39 is 0 Å². The van der Waals surface area contributed by atoms with Crippen molar-refractivity contribution in [2.75, 3.05) is 26.4 Å². The lowest BCUT2D eigenvalue weighted by Gasteiger charge is -2.23. The summed E-state index contributed by atoms with van der Waals surface area (Å²) in [7, 11) is 0. The number of ether oxygens (including phenoxy) is 4. The van der Waals surface area contributed by atoms with Gasteiger partial charge in [0.25, 0.3) is 0 Å². The fraction of sp³-hybridized carbons (Fsp3) is 0.455. The number of hydrogen-bond acceptors (Lipinski definition) is 4. The topological polar surface area (TPSA) is 43.5 Å². The minimum atomic E-state index is 0.196. The summed E-state index contributed by atoms with van der Waals surface area (Å²) in [6, 6.07) is 8.43. The van der Waals surface area contributed by atoms with Crippen LogP contribution in [0.5, 0.6) is 11.5 Å². The predicted molar refractivity (Wildman–Crippen MR) is 101 cm³/mol. The minimum Gasteiger partial charge on any atom is -0.487 e. The SMILES string of the molecule is Cc1ccccc1-c1c(C)c(C)c(C)c(OCC2CO2)c1OCC1CO1. The molecule has 2 fully saturated rings. The highest BCUT2D eigenvalue weighted by atomic mass is 16.6. The van der Waals surface area contributed by atoms with E-state index in [9.17, 15) is 0 Å². The maximum Gasteiger partial charge on any atom is 0.169 e. The maximum absolute atomic E-state index is 6.28. The van der Waals surface area contributed by atoms with Gasteiger partial charge in [-0.05, 0) is 55.5 Å². The lowest BCUT2D eigenvalue weighted by molar-refractivity contribution is 0.227. The zero-order chi connectivity index (χ0) is 18.3. The summed E-state index contributed by atoms with van der Waals surface area (Å²) in [5.74, 6) is 1.67. The van der Waals surface area contributed by atoms with Crippen LogP contribution in [0, 0.1) is 27.7 Å². The van der Waals surface area contributed by atoms with Crippen LogP contribution in [-0.2, 0) is 9.47 Å². The zero-order valence-corrected chi connectivity index (χ0v) is 15.9. The first kappa shape index (κ1) is 17.4. The molecule has 0 amide bonds. The molecule has 2 aliphatic heterocycles. The van der Waals surface area contributed by atoms with E-state index in [1.807, 2.05) is 0 Å². The van der Waals surface area contributed by atoms with E-state index in [1.54, 1.807) is 0 Å². The highest BCUT2D eigenvalue weighted by Crippen LogP contribution is 2.46. The first-order valence-electron chi connectivity index (χ1n) is 9.24. The molecule has 0 spiro atoms. The molecule has 2 heterocycles. The Morgan fingerprint density at radius 3 is 1.96 bits per heavy atom. The number of epoxide rings is 2. The molecule has 0 aromatic heterocycles. The third-order valence-corrected chi connectivity index (χ3v) is 5.32. The van der Waals surface area contributed by atoms with Gasteiger partial charge in [0.2, 0.25) is 0 Å². The molecule has 2 aliphatic rings. The van der Waals surface area contributed by atoms with Gasteiger partial charge in [0, 0.05) is 5.56 Å². The minimum absolute atomic E-state index is 0.196. The Morgan fingerprint density at radius 2 is 1.38 bits per heavy atom. The first-order valence-corrected chi connectivity index (χ1v) is 9.24. The van der Waals surface area contributed by atoms with E-state index in [-0.39, 0.29) is 12.2 Å². The largest absolute Gasteiger partial charge is 0.487 e. The molecule has 2 saturated heterocycles. The van der Waals surface area contributed by atoms with Gasteiger partial charge in [-0.15, -0.1) is 0 Å². The molecule has 0 bridgehead atoms. The van der Waals surface area contributed by atoms with Gasteiger partial charge in [-0.2, -0.15) is 0 Å².